The minimum atomic E-state index is -3.79. The Bertz CT molecular complexity index is 1250. The quantitative estimate of drug-likeness (QED) is 0.490. The van der Waals surface area contributed by atoms with Gasteiger partial charge < -0.3 is 9.32 Å². The molecule has 0 aliphatic carbocycles. The standard InChI is InChI=1S/C21H18N2O4S2/c1-23(14-17-8-4-10-27-17)21(24)18-12-15-6-2-3-7-16(15)13-19(18)22-29(25,26)20-9-5-11-28-20/h2-13,22H,14H2,1H3. The summed E-state index contributed by atoms with van der Waals surface area (Å²) in [6.07, 6.45) is 1.55. The van der Waals surface area contributed by atoms with Crippen molar-refractivity contribution < 1.29 is 17.6 Å². The Morgan fingerprint density at radius 2 is 1.83 bits per heavy atom. The largest absolute Gasteiger partial charge is 0.467 e. The molecule has 0 aliphatic heterocycles. The zero-order chi connectivity index (χ0) is 20.4. The zero-order valence-electron chi connectivity index (χ0n) is 15.5. The lowest BCUT2D eigenvalue weighted by molar-refractivity contribution is 0.0776. The number of thiophene rings is 1. The highest BCUT2D eigenvalue weighted by atomic mass is 32.2. The molecule has 1 N–H and O–H groups in total. The molecule has 0 saturated heterocycles. The van der Waals surface area contributed by atoms with Gasteiger partial charge in [-0.15, -0.1) is 11.3 Å². The third kappa shape index (κ3) is 4.03. The maximum absolute atomic E-state index is 13.2. The molecule has 2 heterocycles. The fourth-order valence-electron chi connectivity index (χ4n) is 3.03. The molecule has 8 heteroatoms. The first-order valence-electron chi connectivity index (χ1n) is 8.81. The van der Waals surface area contributed by atoms with Crippen molar-refractivity contribution in [2.24, 2.45) is 0 Å². The number of furan rings is 1. The fourth-order valence-corrected chi connectivity index (χ4v) is 5.09. The van der Waals surface area contributed by atoms with Crippen LogP contribution in [0.3, 0.4) is 0 Å². The molecule has 0 radical (unpaired) electrons. The van der Waals surface area contributed by atoms with E-state index >= 15 is 0 Å². The highest BCUT2D eigenvalue weighted by Gasteiger charge is 2.22. The number of nitrogens with one attached hydrogen (secondary N) is 1. The van der Waals surface area contributed by atoms with Crippen molar-refractivity contribution in [3.05, 3.63) is 83.6 Å². The lowest BCUT2D eigenvalue weighted by atomic mass is 10.0. The van der Waals surface area contributed by atoms with Gasteiger partial charge in [-0.05, 0) is 46.5 Å². The summed E-state index contributed by atoms with van der Waals surface area (Å²) in [6.45, 7) is 0.274. The first kappa shape index (κ1) is 19.2. The molecule has 0 atom stereocenters. The van der Waals surface area contributed by atoms with Crippen molar-refractivity contribution in [1.29, 1.82) is 0 Å². The Morgan fingerprint density at radius 3 is 2.48 bits per heavy atom. The molecule has 2 aromatic heterocycles. The number of nitrogens with zero attached hydrogens (tertiary/aromatic N) is 1. The molecule has 0 spiro atoms. The molecule has 0 aliphatic rings. The van der Waals surface area contributed by atoms with Crippen molar-refractivity contribution in [2.45, 2.75) is 10.8 Å². The van der Waals surface area contributed by atoms with E-state index in [4.69, 9.17) is 4.42 Å². The van der Waals surface area contributed by atoms with E-state index in [2.05, 4.69) is 4.72 Å². The summed E-state index contributed by atoms with van der Waals surface area (Å²) in [5.74, 6) is 0.332. The first-order chi connectivity index (χ1) is 13.9. The van der Waals surface area contributed by atoms with E-state index in [9.17, 15) is 13.2 Å². The maximum atomic E-state index is 13.2. The Morgan fingerprint density at radius 1 is 1.07 bits per heavy atom. The zero-order valence-corrected chi connectivity index (χ0v) is 17.2. The minimum absolute atomic E-state index is 0.188. The van der Waals surface area contributed by atoms with Gasteiger partial charge in [0.05, 0.1) is 24.1 Å². The lowest BCUT2D eigenvalue weighted by Gasteiger charge is -2.19. The normalized spacial score (nSPS) is 11.5. The number of sulfonamides is 1. The fraction of sp³-hybridized carbons (Fsp3) is 0.0952. The van der Waals surface area contributed by atoms with Gasteiger partial charge in [-0.25, -0.2) is 8.42 Å². The summed E-state index contributed by atoms with van der Waals surface area (Å²) in [6, 6.07) is 17.6. The van der Waals surface area contributed by atoms with Crippen LogP contribution in [0.1, 0.15) is 16.1 Å². The van der Waals surface area contributed by atoms with Crippen molar-refractivity contribution in [1.82, 2.24) is 4.90 Å². The molecule has 0 unspecified atom stereocenters. The Hall–Kier alpha value is -3.10. The van der Waals surface area contributed by atoms with Gasteiger partial charge in [0.2, 0.25) is 0 Å². The summed E-state index contributed by atoms with van der Waals surface area (Å²) in [7, 11) is -2.14. The number of carbonyl (C=O) groups is 1. The predicted molar refractivity (Wildman–Crippen MR) is 114 cm³/mol. The molecule has 0 fully saturated rings. The van der Waals surface area contributed by atoms with Gasteiger partial charge in [0.1, 0.15) is 9.97 Å². The monoisotopic (exact) mass is 426 g/mol. The number of hydrogen-bond acceptors (Lipinski definition) is 5. The first-order valence-corrected chi connectivity index (χ1v) is 11.2. The van der Waals surface area contributed by atoms with Crippen LogP contribution in [0.5, 0.6) is 0 Å². The number of carbonyl (C=O) groups excluding carboxylic acids is 1. The van der Waals surface area contributed by atoms with Crippen LogP contribution in [0, 0.1) is 0 Å². The minimum Gasteiger partial charge on any atom is -0.467 e. The molecule has 4 aromatic rings. The average molecular weight is 427 g/mol. The molecule has 6 nitrogen and oxygen atoms in total. The van der Waals surface area contributed by atoms with Crippen LogP contribution >= 0.6 is 11.3 Å². The summed E-state index contributed by atoms with van der Waals surface area (Å²) < 4.78 is 33.6. The molecule has 29 heavy (non-hydrogen) atoms. The number of fused-ring (bicyclic) bond motifs is 1. The highest BCUT2D eigenvalue weighted by Crippen LogP contribution is 2.28. The Balaban J connectivity index is 1.75. The molecule has 0 saturated carbocycles. The second-order valence-corrected chi connectivity index (χ2v) is 9.38. The van der Waals surface area contributed by atoms with Crippen molar-refractivity contribution in [3.8, 4) is 0 Å². The molecule has 4 rings (SSSR count). The van der Waals surface area contributed by atoms with Gasteiger partial charge >= 0.3 is 0 Å². The van der Waals surface area contributed by atoms with Crippen LogP contribution in [0.15, 0.2) is 80.9 Å². The second-order valence-electron chi connectivity index (χ2n) is 6.52. The van der Waals surface area contributed by atoms with Gasteiger partial charge in [0.15, 0.2) is 0 Å². The van der Waals surface area contributed by atoms with Crippen molar-refractivity contribution in [2.75, 3.05) is 11.8 Å². The van der Waals surface area contributed by atoms with Gasteiger partial charge in [-0.1, -0.05) is 30.3 Å². The predicted octanol–water partition coefficient (Wildman–Crippen LogP) is 4.57. The number of benzene rings is 2. The average Bonchev–Trinajstić information content (AvgIpc) is 3.41. The van der Waals surface area contributed by atoms with Crippen molar-refractivity contribution >= 4 is 43.7 Å². The van der Waals surface area contributed by atoms with Gasteiger partial charge in [0.25, 0.3) is 15.9 Å². The van der Waals surface area contributed by atoms with Crippen LogP contribution in [-0.2, 0) is 16.6 Å². The van der Waals surface area contributed by atoms with E-state index in [0.29, 0.717) is 5.76 Å². The number of rotatable bonds is 6. The number of amides is 1. The van der Waals surface area contributed by atoms with E-state index in [-0.39, 0.29) is 27.9 Å². The highest BCUT2D eigenvalue weighted by molar-refractivity contribution is 7.94. The molecule has 0 bridgehead atoms. The van der Waals surface area contributed by atoms with Gasteiger partial charge in [0, 0.05) is 7.05 Å². The third-order valence-electron chi connectivity index (χ3n) is 4.44. The number of anilines is 1. The second kappa shape index (κ2) is 7.73. The molecule has 1 amide bonds. The number of hydrogen-bond donors (Lipinski definition) is 1. The molecule has 148 valence electrons. The molecular weight excluding hydrogens is 408 g/mol. The van der Waals surface area contributed by atoms with E-state index in [0.717, 1.165) is 22.1 Å². The van der Waals surface area contributed by atoms with E-state index in [1.807, 2.05) is 24.3 Å². The van der Waals surface area contributed by atoms with E-state index in [1.165, 1.54) is 11.0 Å². The van der Waals surface area contributed by atoms with Gasteiger partial charge in [-0.3, -0.25) is 9.52 Å². The summed E-state index contributed by atoms with van der Waals surface area (Å²) in [4.78, 5) is 14.7. The smallest absolute Gasteiger partial charge is 0.271 e. The third-order valence-corrected chi connectivity index (χ3v) is 7.20. The Kier molecular flexibility index (Phi) is 5.12. The SMILES string of the molecule is CN(Cc1ccco1)C(=O)c1cc2ccccc2cc1NS(=O)(=O)c1cccs1. The van der Waals surface area contributed by atoms with Crippen LogP contribution in [0.2, 0.25) is 0 Å². The van der Waals surface area contributed by atoms with E-state index < -0.39 is 10.0 Å². The molecule has 2 aromatic carbocycles. The van der Waals surface area contributed by atoms with Crippen LogP contribution < -0.4 is 4.72 Å². The van der Waals surface area contributed by atoms with Crippen molar-refractivity contribution in [3.63, 3.8) is 0 Å². The Labute approximate surface area is 172 Å². The molecular formula is C21H18N2O4S2. The van der Waals surface area contributed by atoms with Crippen LogP contribution in [0.25, 0.3) is 10.8 Å². The van der Waals surface area contributed by atoms with Crippen LogP contribution in [0.4, 0.5) is 5.69 Å². The van der Waals surface area contributed by atoms with E-state index in [1.54, 1.807) is 49.0 Å². The summed E-state index contributed by atoms with van der Waals surface area (Å²) >= 11 is 1.12. The summed E-state index contributed by atoms with van der Waals surface area (Å²) in [5.41, 5.74) is 0.520. The van der Waals surface area contributed by atoms with Crippen LogP contribution in [-0.4, -0.2) is 26.3 Å². The lowest BCUT2D eigenvalue weighted by Crippen LogP contribution is -2.27. The maximum Gasteiger partial charge on any atom is 0.271 e. The topological polar surface area (TPSA) is 79.6 Å². The van der Waals surface area contributed by atoms with Gasteiger partial charge in [-0.2, -0.15) is 0 Å². The summed E-state index contributed by atoms with van der Waals surface area (Å²) in [5, 5.41) is 3.38.